The highest BCUT2D eigenvalue weighted by molar-refractivity contribution is 6.30. The molecule has 9 heteroatoms. The van der Waals surface area contributed by atoms with E-state index in [9.17, 15) is 4.79 Å². The Labute approximate surface area is 214 Å². The third kappa shape index (κ3) is 3.54. The molecule has 1 saturated heterocycles. The van der Waals surface area contributed by atoms with Crippen molar-refractivity contribution in [3.63, 3.8) is 0 Å². The summed E-state index contributed by atoms with van der Waals surface area (Å²) in [5.41, 5.74) is 4.99. The number of halogens is 1. The summed E-state index contributed by atoms with van der Waals surface area (Å²) in [4.78, 5) is 21.0. The van der Waals surface area contributed by atoms with Gasteiger partial charge in [-0.2, -0.15) is 0 Å². The number of aromatic nitrogens is 5. The molecule has 4 aromatic rings. The fourth-order valence-corrected chi connectivity index (χ4v) is 5.75. The molecule has 2 aliphatic heterocycles. The first kappa shape index (κ1) is 23.2. The largest absolute Gasteiger partial charge is 0.381 e. The van der Waals surface area contributed by atoms with Crippen molar-refractivity contribution in [2.75, 3.05) is 18.1 Å². The SMILES string of the molecule is Cc1cc(N2C(=O)c3nc(C4CCOCC4)n(C(C)C)c3C2c2ccc(Cl)cc2)cn2c(C)nnc12. The zero-order chi connectivity index (χ0) is 25.1. The topological polar surface area (TPSA) is 77.6 Å². The van der Waals surface area contributed by atoms with Crippen LogP contribution in [0.3, 0.4) is 0 Å². The number of carbonyl (C=O) groups is 1. The van der Waals surface area contributed by atoms with E-state index in [0.717, 1.165) is 65.9 Å². The van der Waals surface area contributed by atoms with Gasteiger partial charge in [0.2, 0.25) is 0 Å². The summed E-state index contributed by atoms with van der Waals surface area (Å²) >= 11 is 6.25. The maximum Gasteiger partial charge on any atom is 0.279 e. The van der Waals surface area contributed by atoms with Crippen LogP contribution in [0.5, 0.6) is 0 Å². The number of carbonyl (C=O) groups excluding carboxylic acids is 1. The smallest absolute Gasteiger partial charge is 0.279 e. The van der Waals surface area contributed by atoms with Crippen molar-refractivity contribution in [3.05, 3.63) is 75.7 Å². The Hall–Kier alpha value is -3.23. The summed E-state index contributed by atoms with van der Waals surface area (Å²) in [6, 6.07) is 9.59. The minimum atomic E-state index is -0.332. The van der Waals surface area contributed by atoms with Gasteiger partial charge in [-0.15, -0.1) is 10.2 Å². The molecule has 1 aromatic carbocycles. The van der Waals surface area contributed by atoms with E-state index in [2.05, 4.69) is 28.6 Å². The Morgan fingerprint density at radius 3 is 2.50 bits per heavy atom. The van der Waals surface area contributed by atoms with Crippen molar-refractivity contribution in [2.45, 2.75) is 58.5 Å². The lowest BCUT2D eigenvalue weighted by molar-refractivity contribution is 0.0824. The van der Waals surface area contributed by atoms with E-state index in [1.54, 1.807) is 0 Å². The average molecular weight is 505 g/mol. The van der Waals surface area contributed by atoms with Gasteiger partial charge in [0.1, 0.15) is 17.7 Å². The zero-order valence-corrected chi connectivity index (χ0v) is 21.7. The molecule has 1 fully saturated rings. The van der Waals surface area contributed by atoms with Crippen LogP contribution in [0.1, 0.15) is 83.6 Å². The van der Waals surface area contributed by atoms with E-state index in [1.165, 1.54) is 0 Å². The van der Waals surface area contributed by atoms with Gasteiger partial charge >= 0.3 is 0 Å². The fraction of sp³-hybridized carbons (Fsp3) is 0.407. The molecule has 5 heterocycles. The number of rotatable bonds is 4. The normalized spacial score (nSPS) is 18.6. The Kier molecular flexibility index (Phi) is 5.61. The van der Waals surface area contributed by atoms with Crippen LogP contribution in [-0.4, -0.2) is 43.3 Å². The molecule has 8 nitrogen and oxygen atoms in total. The van der Waals surface area contributed by atoms with Crippen molar-refractivity contribution in [1.29, 1.82) is 0 Å². The third-order valence-electron chi connectivity index (χ3n) is 7.33. The Bertz CT molecular complexity index is 1470. The van der Waals surface area contributed by atoms with Crippen molar-refractivity contribution in [2.24, 2.45) is 0 Å². The van der Waals surface area contributed by atoms with Crippen molar-refractivity contribution in [3.8, 4) is 0 Å². The lowest BCUT2D eigenvalue weighted by atomic mass is 9.98. The van der Waals surface area contributed by atoms with E-state index < -0.39 is 0 Å². The summed E-state index contributed by atoms with van der Waals surface area (Å²) < 4.78 is 9.84. The molecule has 6 rings (SSSR count). The van der Waals surface area contributed by atoms with Crippen LogP contribution in [0.15, 0.2) is 36.5 Å². The standard InChI is InChI=1S/C27H29ClN6O2/c1-15(2)33-24-22(29-26(33)19-9-11-36-12-10-19)27(35)34(23(24)18-5-7-20(28)8-6-18)21-13-16(3)25-31-30-17(4)32(25)14-21/h5-8,13-15,19,23H,9-12H2,1-4H3. The maximum atomic E-state index is 14.1. The second-order valence-corrected chi connectivity index (χ2v) is 10.4. The molecular weight excluding hydrogens is 476 g/mol. The first-order valence-electron chi connectivity index (χ1n) is 12.5. The number of fused-ring (bicyclic) bond motifs is 2. The predicted molar refractivity (Wildman–Crippen MR) is 138 cm³/mol. The summed E-state index contributed by atoms with van der Waals surface area (Å²) in [7, 11) is 0. The van der Waals surface area contributed by atoms with Crippen molar-refractivity contribution in [1.82, 2.24) is 24.1 Å². The van der Waals surface area contributed by atoms with Crippen LogP contribution >= 0.6 is 11.6 Å². The molecule has 0 saturated carbocycles. The van der Waals surface area contributed by atoms with Gasteiger partial charge in [0.25, 0.3) is 5.91 Å². The van der Waals surface area contributed by atoms with Crippen LogP contribution < -0.4 is 4.90 Å². The van der Waals surface area contributed by atoms with Crippen molar-refractivity contribution >= 4 is 28.8 Å². The van der Waals surface area contributed by atoms with Crippen LogP contribution in [0.4, 0.5) is 5.69 Å². The molecule has 1 atom stereocenters. The van der Waals surface area contributed by atoms with Crippen LogP contribution in [-0.2, 0) is 4.74 Å². The van der Waals surface area contributed by atoms with Gasteiger partial charge in [-0.3, -0.25) is 14.1 Å². The van der Waals surface area contributed by atoms with Crippen LogP contribution in [0.25, 0.3) is 5.65 Å². The first-order valence-corrected chi connectivity index (χ1v) is 12.8. The molecule has 3 aromatic heterocycles. The molecule has 0 bridgehead atoms. The highest BCUT2D eigenvalue weighted by Crippen LogP contribution is 2.45. The Morgan fingerprint density at radius 2 is 1.81 bits per heavy atom. The fourth-order valence-electron chi connectivity index (χ4n) is 5.62. The van der Waals surface area contributed by atoms with Gasteiger partial charge in [-0.1, -0.05) is 23.7 Å². The van der Waals surface area contributed by atoms with Gasteiger partial charge in [0.15, 0.2) is 11.3 Å². The molecule has 1 amide bonds. The van der Waals surface area contributed by atoms with Gasteiger partial charge in [-0.25, -0.2) is 4.98 Å². The average Bonchev–Trinajstić information content (AvgIpc) is 3.52. The number of nitrogens with zero attached hydrogens (tertiary/aromatic N) is 6. The molecule has 0 N–H and O–H groups in total. The Balaban J connectivity index is 1.57. The second-order valence-electron chi connectivity index (χ2n) is 10.0. The summed E-state index contributed by atoms with van der Waals surface area (Å²) in [5, 5.41) is 9.18. The molecular formula is C27H29ClN6O2. The van der Waals surface area contributed by atoms with E-state index in [-0.39, 0.29) is 23.9 Å². The lowest BCUT2D eigenvalue weighted by Crippen LogP contribution is -2.31. The predicted octanol–water partition coefficient (Wildman–Crippen LogP) is 5.42. The lowest BCUT2D eigenvalue weighted by Gasteiger charge is -2.30. The number of anilines is 1. The molecule has 0 spiro atoms. The maximum absolute atomic E-state index is 14.1. The van der Waals surface area contributed by atoms with E-state index in [1.807, 2.05) is 59.7 Å². The number of aryl methyl sites for hydroxylation is 2. The van der Waals surface area contributed by atoms with Gasteiger partial charge in [0.05, 0.1) is 11.4 Å². The third-order valence-corrected chi connectivity index (χ3v) is 7.58. The minimum absolute atomic E-state index is 0.0952. The number of imidazole rings is 1. The zero-order valence-electron chi connectivity index (χ0n) is 20.9. The highest BCUT2D eigenvalue weighted by atomic mass is 35.5. The molecule has 36 heavy (non-hydrogen) atoms. The minimum Gasteiger partial charge on any atom is -0.381 e. The summed E-state index contributed by atoms with van der Waals surface area (Å²) in [5.74, 6) is 1.94. The van der Waals surface area contributed by atoms with Gasteiger partial charge < -0.3 is 9.30 Å². The summed E-state index contributed by atoms with van der Waals surface area (Å²) in [6.07, 6.45) is 3.77. The molecule has 186 valence electrons. The monoisotopic (exact) mass is 504 g/mol. The van der Waals surface area contributed by atoms with Crippen molar-refractivity contribution < 1.29 is 9.53 Å². The van der Waals surface area contributed by atoms with Gasteiger partial charge in [0, 0.05) is 36.4 Å². The Morgan fingerprint density at radius 1 is 1.08 bits per heavy atom. The second kappa shape index (κ2) is 8.71. The van der Waals surface area contributed by atoms with E-state index in [0.29, 0.717) is 10.7 Å². The van der Waals surface area contributed by atoms with Crippen LogP contribution in [0.2, 0.25) is 5.02 Å². The number of ether oxygens (including phenoxy) is 1. The molecule has 2 aliphatic rings. The highest BCUT2D eigenvalue weighted by Gasteiger charge is 2.45. The van der Waals surface area contributed by atoms with Gasteiger partial charge in [-0.05, 0) is 69.9 Å². The number of hydrogen-bond acceptors (Lipinski definition) is 5. The van der Waals surface area contributed by atoms with Crippen LogP contribution in [0, 0.1) is 13.8 Å². The number of amides is 1. The van der Waals surface area contributed by atoms with E-state index in [4.69, 9.17) is 21.3 Å². The number of pyridine rings is 1. The quantitative estimate of drug-likeness (QED) is 0.371. The number of hydrogen-bond donors (Lipinski definition) is 0. The van der Waals surface area contributed by atoms with E-state index >= 15 is 0 Å². The number of benzene rings is 1. The molecule has 1 unspecified atom stereocenters. The molecule has 0 radical (unpaired) electrons. The molecule has 0 aliphatic carbocycles. The summed E-state index contributed by atoms with van der Waals surface area (Å²) in [6.45, 7) is 9.67. The first-order chi connectivity index (χ1) is 17.3.